The molecular formula is C33H45FeN5. The van der Waals surface area contributed by atoms with Gasteiger partial charge in [0, 0.05) is 22.2 Å². The fourth-order valence-electron chi connectivity index (χ4n) is 4.78. The minimum absolute atomic E-state index is 0. The maximum atomic E-state index is 6.00. The fraction of sp³-hybridized carbons (Fsp3) is 0.485. The van der Waals surface area contributed by atoms with Gasteiger partial charge in [0.25, 0.3) is 0 Å². The van der Waals surface area contributed by atoms with Crippen molar-refractivity contribution in [1.29, 1.82) is 10.8 Å². The van der Waals surface area contributed by atoms with Gasteiger partial charge in [-0.15, -0.1) is 11.4 Å². The second-order valence-corrected chi connectivity index (χ2v) is 11.3. The topological polar surface area (TPSA) is 88.7 Å². The Labute approximate surface area is 247 Å². The predicted octanol–water partition coefficient (Wildman–Crippen LogP) is 11.1. The van der Waals surface area contributed by atoms with E-state index >= 15 is 0 Å². The Bertz CT molecular complexity index is 1060. The first-order valence-corrected chi connectivity index (χ1v) is 13.8. The molecule has 0 aliphatic rings. The molecule has 0 fully saturated rings. The third-order valence-electron chi connectivity index (χ3n) is 6.98. The zero-order valence-electron chi connectivity index (χ0n) is 25.2. The first-order valence-electron chi connectivity index (χ1n) is 13.8. The molecule has 6 heteroatoms. The summed E-state index contributed by atoms with van der Waals surface area (Å²) in [6, 6.07) is 19.4. The summed E-state index contributed by atoms with van der Waals surface area (Å²) in [6.07, 6.45) is 0. The molecule has 0 radical (unpaired) electrons. The van der Waals surface area contributed by atoms with Gasteiger partial charge in [0.1, 0.15) is 0 Å². The van der Waals surface area contributed by atoms with Crippen LogP contribution in [0.15, 0.2) is 54.6 Å². The molecule has 0 aliphatic carbocycles. The van der Waals surface area contributed by atoms with Gasteiger partial charge in [-0.25, -0.2) is 0 Å². The van der Waals surface area contributed by atoms with Crippen molar-refractivity contribution in [3.63, 3.8) is 0 Å². The maximum absolute atomic E-state index is 6.00. The van der Waals surface area contributed by atoms with E-state index in [9.17, 15) is 0 Å². The van der Waals surface area contributed by atoms with Crippen molar-refractivity contribution in [2.24, 2.45) is 0 Å². The van der Waals surface area contributed by atoms with Crippen molar-refractivity contribution in [2.45, 2.75) is 105 Å². The molecule has 0 saturated heterocycles. The molecule has 39 heavy (non-hydrogen) atoms. The number of hydrogen-bond donors (Lipinski definition) is 0. The van der Waals surface area contributed by atoms with E-state index in [4.69, 9.17) is 26.4 Å². The molecular weight excluding hydrogens is 522 g/mol. The van der Waals surface area contributed by atoms with Gasteiger partial charge >= 0.3 is 17.1 Å². The summed E-state index contributed by atoms with van der Waals surface area (Å²) in [5.41, 5.74) is 9.46. The van der Waals surface area contributed by atoms with E-state index < -0.39 is 0 Å². The maximum Gasteiger partial charge on any atom is 2.00 e. The number of aromatic nitrogens is 1. The summed E-state index contributed by atoms with van der Waals surface area (Å²) >= 11 is 0. The molecule has 5 nitrogen and oxygen atoms in total. The van der Waals surface area contributed by atoms with Crippen molar-refractivity contribution < 1.29 is 17.1 Å². The molecule has 2 aromatic carbocycles. The quantitative estimate of drug-likeness (QED) is 0.180. The Hall–Kier alpha value is -2.87. The average Bonchev–Trinajstić information content (AvgIpc) is 2.89. The largest absolute Gasteiger partial charge is 2.00 e. The van der Waals surface area contributed by atoms with Crippen molar-refractivity contribution >= 4 is 11.4 Å². The molecule has 0 bridgehead atoms. The summed E-state index contributed by atoms with van der Waals surface area (Å²) in [7, 11) is 0. The van der Waals surface area contributed by atoms with Crippen LogP contribution in [0.1, 0.15) is 139 Å². The van der Waals surface area contributed by atoms with E-state index in [1.807, 2.05) is 0 Å². The van der Waals surface area contributed by atoms with Crippen LogP contribution in [0.4, 0.5) is 11.4 Å². The molecule has 1 aromatic heterocycles. The minimum Gasteiger partial charge on any atom is -0.677 e. The van der Waals surface area contributed by atoms with Crippen LogP contribution < -0.4 is 0 Å². The van der Waals surface area contributed by atoms with Crippen molar-refractivity contribution in [2.75, 3.05) is 0 Å². The Balaban J connectivity index is 0.00000248. The van der Waals surface area contributed by atoms with Gasteiger partial charge in [-0.3, -0.25) is 4.98 Å². The van der Waals surface area contributed by atoms with Gasteiger partial charge in [-0.1, -0.05) is 146 Å². The third-order valence-corrected chi connectivity index (χ3v) is 6.98. The molecule has 2 atom stereocenters. The number of benzene rings is 2. The van der Waals surface area contributed by atoms with Crippen LogP contribution in [0.2, 0.25) is 0 Å². The fourth-order valence-corrected chi connectivity index (χ4v) is 4.78. The van der Waals surface area contributed by atoms with E-state index in [0.717, 1.165) is 22.8 Å². The molecule has 0 saturated carbocycles. The van der Waals surface area contributed by atoms with Gasteiger partial charge in [-0.2, -0.15) is 0 Å². The van der Waals surface area contributed by atoms with Crippen LogP contribution >= 0.6 is 0 Å². The van der Waals surface area contributed by atoms with Crippen LogP contribution in [0, 0.1) is 10.8 Å². The summed E-state index contributed by atoms with van der Waals surface area (Å²) < 4.78 is 0. The van der Waals surface area contributed by atoms with E-state index in [2.05, 4.69) is 124 Å². The SMILES string of the molecule is CC(C)c1cccc(C(C)C)c1[N-]C(C)c1cccc(C(C)[N-]c2c(C(C)C)cccc2C(C)C)n1.N#N.[Fe+2]. The number of nitrogens with zero attached hydrogens (tertiary/aromatic N) is 5. The van der Waals surface area contributed by atoms with Crippen LogP contribution in [0.25, 0.3) is 10.6 Å². The zero-order valence-corrected chi connectivity index (χ0v) is 26.4. The molecule has 2 unspecified atom stereocenters. The van der Waals surface area contributed by atoms with Crippen molar-refractivity contribution in [1.82, 2.24) is 4.98 Å². The second kappa shape index (κ2) is 15.7. The van der Waals surface area contributed by atoms with Gasteiger partial charge in [0.2, 0.25) is 0 Å². The van der Waals surface area contributed by atoms with Crippen LogP contribution in [0.5, 0.6) is 0 Å². The molecule has 0 amide bonds. The molecule has 210 valence electrons. The predicted molar refractivity (Wildman–Crippen MR) is 160 cm³/mol. The average molecular weight is 568 g/mol. The monoisotopic (exact) mass is 567 g/mol. The first-order chi connectivity index (χ1) is 18.0. The van der Waals surface area contributed by atoms with Gasteiger partial charge < -0.3 is 10.6 Å². The number of para-hydroxylation sites is 2. The molecule has 1 heterocycles. The number of hydrogen-bond acceptors (Lipinski definition) is 3. The van der Waals surface area contributed by atoms with Crippen molar-refractivity contribution in [3.8, 4) is 0 Å². The number of rotatable bonds is 10. The molecule has 0 N–H and O–H groups in total. The normalized spacial score (nSPS) is 12.5. The Morgan fingerprint density at radius 1 is 0.487 bits per heavy atom. The van der Waals surface area contributed by atoms with E-state index in [1.54, 1.807) is 0 Å². The second-order valence-electron chi connectivity index (χ2n) is 11.3. The molecule has 0 aliphatic heterocycles. The molecule has 3 aromatic rings. The van der Waals surface area contributed by atoms with Crippen LogP contribution in [-0.2, 0) is 17.1 Å². The smallest absolute Gasteiger partial charge is 0.677 e. The molecule has 0 spiro atoms. The van der Waals surface area contributed by atoms with Crippen LogP contribution in [-0.4, -0.2) is 4.98 Å². The first kappa shape index (κ1) is 34.2. The van der Waals surface area contributed by atoms with E-state index in [1.165, 1.54) is 22.3 Å². The minimum atomic E-state index is -0.0382. The standard InChI is InChI=1S/C33H45N3.Fe.N2/c1-20(2)26-14-11-15-27(21(3)4)32(26)34-24(9)30-18-13-19-31(36-30)25(10)35-33-28(22(5)6)16-12-17-29(33)23(7)8;;1-2/h11-25H,1-10H3;;/q-2;+2;. The summed E-state index contributed by atoms with van der Waals surface area (Å²) in [5.74, 6) is 1.68. The van der Waals surface area contributed by atoms with Gasteiger partial charge in [0.05, 0.1) is 0 Å². The van der Waals surface area contributed by atoms with Crippen molar-refractivity contribution in [3.05, 3.63) is 98.9 Å². The zero-order chi connectivity index (χ0) is 28.6. The van der Waals surface area contributed by atoms with E-state index in [-0.39, 0.29) is 29.2 Å². The van der Waals surface area contributed by atoms with E-state index in [0.29, 0.717) is 23.7 Å². The summed E-state index contributed by atoms with van der Waals surface area (Å²) in [6.45, 7) is 22.2. The Morgan fingerprint density at radius 2 is 0.744 bits per heavy atom. The summed E-state index contributed by atoms with van der Waals surface area (Å²) in [4.78, 5) is 5.08. The third kappa shape index (κ3) is 8.56. The molecule has 3 rings (SSSR count). The van der Waals surface area contributed by atoms with Crippen LogP contribution in [0.3, 0.4) is 0 Å². The number of pyridine rings is 1. The van der Waals surface area contributed by atoms with Gasteiger partial charge in [-0.05, 0) is 35.8 Å². The summed E-state index contributed by atoms with van der Waals surface area (Å²) in [5, 5.41) is 22.5. The Morgan fingerprint density at radius 3 is 1.00 bits per heavy atom. The van der Waals surface area contributed by atoms with Gasteiger partial charge in [0.15, 0.2) is 0 Å². The Kier molecular flexibility index (Phi) is 13.7.